The first kappa shape index (κ1) is 11.4. The molecule has 1 aliphatic heterocycles. The molecule has 0 saturated heterocycles. The maximum Gasteiger partial charge on any atom is 0.258 e. The Bertz CT molecular complexity index is 379. The lowest BCUT2D eigenvalue weighted by atomic mass is 9.93. The van der Waals surface area contributed by atoms with Crippen LogP contribution in [0.15, 0.2) is 6.20 Å². The zero-order chi connectivity index (χ0) is 11.9. The first-order chi connectivity index (χ1) is 7.38. The molecule has 90 valence electrons. The lowest BCUT2D eigenvalue weighted by Gasteiger charge is -2.24. The second-order valence-corrected chi connectivity index (χ2v) is 5.27. The van der Waals surface area contributed by atoms with Gasteiger partial charge in [0.25, 0.3) is 6.43 Å². The Morgan fingerprint density at radius 1 is 1.50 bits per heavy atom. The fraction of sp³-hybridized carbons (Fsp3) is 0.727. The number of rotatable bonds is 1. The van der Waals surface area contributed by atoms with Crippen LogP contribution < -0.4 is 5.32 Å². The van der Waals surface area contributed by atoms with Gasteiger partial charge >= 0.3 is 0 Å². The number of anilines is 1. The Morgan fingerprint density at radius 2 is 2.19 bits per heavy atom. The van der Waals surface area contributed by atoms with Crippen LogP contribution in [0.2, 0.25) is 0 Å². The average molecular weight is 229 g/mol. The van der Waals surface area contributed by atoms with Crippen molar-refractivity contribution in [1.82, 2.24) is 9.55 Å². The summed E-state index contributed by atoms with van der Waals surface area (Å²) < 4.78 is 27.0. The second-order valence-electron chi connectivity index (χ2n) is 5.27. The van der Waals surface area contributed by atoms with Crippen LogP contribution in [0, 0.1) is 0 Å². The molecule has 1 N–H and O–H groups in total. The minimum Gasteiger partial charge on any atom is -0.347 e. The molecule has 0 radical (unpaired) electrons. The summed E-state index contributed by atoms with van der Waals surface area (Å²) in [7, 11) is 0. The highest BCUT2D eigenvalue weighted by molar-refractivity contribution is 5.34. The Labute approximate surface area is 93.9 Å². The summed E-state index contributed by atoms with van der Waals surface area (Å²) in [5.41, 5.74) is 0.886. The van der Waals surface area contributed by atoms with Crippen molar-refractivity contribution >= 4 is 5.95 Å². The van der Waals surface area contributed by atoms with Gasteiger partial charge in [-0.25, -0.2) is 13.8 Å². The van der Waals surface area contributed by atoms with Crippen LogP contribution in [0.25, 0.3) is 0 Å². The number of aryl methyl sites for hydroxylation is 1. The van der Waals surface area contributed by atoms with E-state index < -0.39 is 12.5 Å². The summed E-state index contributed by atoms with van der Waals surface area (Å²) in [6, 6.07) is -0.761. The van der Waals surface area contributed by atoms with Crippen LogP contribution >= 0.6 is 0 Å². The molecule has 1 unspecified atom stereocenters. The standard InChI is InChI=1S/C11H17F2N3/c1-11(2,3)8-6-16-5-4-7(9(12)13)14-10(16)15-8/h6-7,9H,4-5H2,1-3H3,(H,14,15). The van der Waals surface area contributed by atoms with Gasteiger partial charge in [0.05, 0.1) is 11.7 Å². The van der Waals surface area contributed by atoms with Gasteiger partial charge in [0, 0.05) is 18.2 Å². The van der Waals surface area contributed by atoms with Crippen LogP contribution in [-0.4, -0.2) is 22.0 Å². The van der Waals surface area contributed by atoms with Gasteiger partial charge in [-0.1, -0.05) is 20.8 Å². The number of nitrogens with one attached hydrogen (secondary N) is 1. The smallest absolute Gasteiger partial charge is 0.258 e. The van der Waals surface area contributed by atoms with Gasteiger partial charge in [-0.2, -0.15) is 0 Å². The first-order valence-corrected chi connectivity index (χ1v) is 5.50. The molecule has 0 bridgehead atoms. The van der Waals surface area contributed by atoms with Crippen molar-refractivity contribution in [2.45, 2.75) is 51.6 Å². The molecule has 2 heterocycles. The van der Waals surface area contributed by atoms with Gasteiger partial charge in [-0.15, -0.1) is 0 Å². The monoisotopic (exact) mass is 229 g/mol. The highest BCUT2D eigenvalue weighted by atomic mass is 19.3. The lowest BCUT2D eigenvalue weighted by Crippen LogP contribution is -2.34. The maximum atomic E-state index is 12.6. The largest absolute Gasteiger partial charge is 0.347 e. The van der Waals surface area contributed by atoms with Crippen molar-refractivity contribution in [3.05, 3.63) is 11.9 Å². The van der Waals surface area contributed by atoms with Gasteiger partial charge in [-0.3, -0.25) is 0 Å². The highest BCUT2D eigenvalue weighted by Crippen LogP contribution is 2.27. The van der Waals surface area contributed by atoms with Crippen LogP contribution in [-0.2, 0) is 12.0 Å². The average Bonchev–Trinajstić information content (AvgIpc) is 2.58. The predicted octanol–water partition coefficient (Wildman–Crippen LogP) is 2.63. The number of halogens is 2. The molecule has 2 rings (SSSR count). The summed E-state index contributed by atoms with van der Waals surface area (Å²) in [5, 5.41) is 2.79. The quantitative estimate of drug-likeness (QED) is 0.802. The molecular weight excluding hydrogens is 212 g/mol. The molecule has 16 heavy (non-hydrogen) atoms. The molecule has 0 spiro atoms. The van der Waals surface area contributed by atoms with Crippen molar-refractivity contribution in [2.75, 3.05) is 5.32 Å². The summed E-state index contributed by atoms with van der Waals surface area (Å²) in [6.45, 7) is 6.80. The van der Waals surface area contributed by atoms with Crippen LogP contribution in [0.4, 0.5) is 14.7 Å². The summed E-state index contributed by atoms with van der Waals surface area (Å²) in [5.74, 6) is 0.571. The normalized spacial score (nSPS) is 20.8. The second kappa shape index (κ2) is 3.71. The number of fused-ring (bicyclic) bond motifs is 1. The molecule has 1 atom stereocenters. The molecular formula is C11H17F2N3. The number of imidazole rings is 1. The fourth-order valence-electron chi connectivity index (χ4n) is 1.77. The topological polar surface area (TPSA) is 29.9 Å². The predicted molar refractivity (Wildman–Crippen MR) is 59.0 cm³/mol. The van der Waals surface area contributed by atoms with E-state index in [0.29, 0.717) is 18.9 Å². The zero-order valence-corrected chi connectivity index (χ0v) is 9.80. The molecule has 3 nitrogen and oxygen atoms in total. The minimum atomic E-state index is -2.33. The van der Waals surface area contributed by atoms with E-state index in [1.165, 1.54) is 0 Å². The third kappa shape index (κ3) is 2.03. The fourth-order valence-corrected chi connectivity index (χ4v) is 1.77. The van der Waals surface area contributed by atoms with E-state index in [2.05, 4.69) is 31.1 Å². The van der Waals surface area contributed by atoms with Gasteiger partial charge < -0.3 is 9.88 Å². The van der Waals surface area contributed by atoms with E-state index in [4.69, 9.17) is 0 Å². The summed E-state index contributed by atoms with van der Waals surface area (Å²) >= 11 is 0. The Hall–Kier alpha value is -1.13. The van der Waals surface area contributed by atoms with E-state index >= 15 is 0 Å². The third-order valence-electron chi connectivity index (χ3n) is 2.84. The van der Waals surface area contributed by atoms with Crippen LogP contribution in [0.5, 0.6) is 0 Å². The molecule has 0 fully saturated rings. The molecule has 0 amide bonds. The van der Waals surface area contributed by atoms with Crippen LogP contribution in [0.3, 0.4) is 0 Å². The number of aromatic nitrogens is 2. The maximum absolute atomic E-state index is 12.6. The molecule has 0 aliphatic carbocycles. The van der Waals surface area contributed by atoms with E-state index in [0.717, 1.165) is 5.69 Å². The van der Waals surface area contributed by atoms with E-state index in [1.54, 1.807) is 0 Å². The van der Waals surface area contributed by atoms with Crippen molar-refractivity contribution in [2.24, 2.45) is 0 Å². The van der Waals surface area contributed by atoms with Gasteiger partial charge in [0.2, 0.25) is 5.95 Å². The molecule has 0 aromatic carbocycles. The van der Waals surface area contributed by atoms with E-state index in [1.807, 2.05) is 10.8 Å². The lowest BCUT2D eigenvalue weighted by molar-refractivity contribution is 0.115. The Kier molecular flexibility index (Phi) is 2.64. The molecule has 1 aromatic rings. The number of hydrogen-bond donors (Lipinski definition) is 1. The van der Waals surface area contributed by atoms with E-state index in [-0.39, 0.29) is 5.41 Å². The van der Waals surface area contributed by atoms with Crippen molar-refractivity contribution in [3.63, 3.8) is 0 Å². The van der Waals surface area contributed by atoms with Gasteiger partial charge in [0.15, 0.2) is 0 Å². The molecule has 5 heteroatoms. The Balaban J connectivity index is 2.23. The minimum absolute atomic E-state index is 0.0493. The third-order valence-corrected chi connectivity index (χ3v) is 2.84. The molecule has 1 aliphatic rings. The van der Waals surface area contributed by atoms with Crippen molar-refractivity contribution in [1.29, 1.82) is 0 Å². The molecule has 1 aromatic heterocycles. The van der Waals surface area contributed by atoms with Gasteiger partial charge in [-0.05, 0) is 6.42 Å². The van der Waals surface area contributed by atoms with E-state index in [9.17, 15) is 8.78 Å². The summed E-state index contributed by atoms with van der Waals surface area (Å²) in [4.78, 5) is 4.37. The summed E-state index contributed by atoms with van der Waals surface area (Å²) in [6.07, 6.45) is 0.0674. The van der Waals surface area contributed by atoms with Crippen molar-refractivity contribution in [3.8, 4) is 0 Å². The van der Waals surface area contributed by atoms with Crippen LogP contribution in [0.1, 0.15) is 32.9 Å². The molecule has 0 saturated carbocycles. The zero-order valence-electron chi connectivity index (χ0n) is 9.80. The highest BCUT2D eigenvalue weighted by Gasteiger charge is 2.28. The SMILES string of the molecule is CC(C)(C)c1cn2c(n1)NC(C(F)F)CC2. The van der Waals surface area contributed by atoms with Crippen molar-refractivity contribution < 1.29 is 8.78 Å². The number of hydrogen-bond acceptors (Lipinski definition) is 2. The number of alkyl halides is 2. The van der Waals surface area contributed by atoms with Gasteiger partial charge in [0.1, 0.15) is 0 Å². The number of nitrogens with zero attached hydrogens (tertiary/aromatic N) is 2. The first-order valence-electron chi connectivity index (χ1n) is 5.50. The Morgan fingerprint density at radius 3 is 2.75 bits per heavy atom.